The predicted octanol–water partition coefficient (Wildman–Crippen LogP) is 1.08. The molecule has 1 rings (SSSR count). The summed E-state index contributed by atoms with van der Waals surface area (Å²) in [6.45, 7) is 0. The molecular formula is C6H8N2O3S. The van der Waals surface area contributed by atoms with Gasteiger partial charge >= 0.3 is 12.1 Å². The van der Waals surface area contributed by atoms with Gasteiger partial charge in [-0.05, 0) is 10.8 Å². The molecule has 6 heteroatoms. The van der Waals surface area contributed by atoms with Crippen molar-refractivity contribution in [1.29, 1.82) is 0 Å². The summed E-state index contributed by atoms with van der Waals surface area (Å²) in [4.78, 5) is 18.9. The summed E-state index contributed by atoms with van der Waals surface area (Å²) in [5.74, 6) is 0. The van der Waals surface area contributed by atoms with Crippen LogP contribution < -0.4 is 11.1 Å². The Bertz CT molecular complexity index is 206. The molecule has 0 fully saturated rings. The van der Waals surface area contributed by atoms with Crippen LogP contribution in [-0.4, -0.2) is 17.2 Å². The van der Waals surface area contributed by atoms with E-state index >= 15 is 0 Å². The summed E-state index contributed by atoms with van der Waals surface area (Å²) in [6.07, 6.45) is -1.44. The summed E-state index contributed by atoms with van der Waals surface area (Å²) >= 11 is 1.71. The van der Waals surface area contributed by atoms with Crippen LogP contribution in [0.4, 0.5) is 9.59 Å². The SMILES string of the molecule is NC(=O)NC(=O)O.c1ccsc1. The first-order chi connectivity index (χ1) is 5.63. The molecule has 3 amide bonds. The molecule has 0 aliphatic rings. The maximum absolute atomic E-state index is 9.54. The van der Waals surface area contributed by atoms with Crippen molar-refractivity contribution in [3.05, 3.63) is 22.9 Å². The van der Waals surface area contributed by atoms with Crippen molar-refractivity contribution >= 4 is 23.5 Å². The highest BCUT2D eigenvalue weighted by atomic mass is 32.1. The van der Waals surface area contributed by atoms with Gasteiger partial charge in [0, 0.05) is 0 Å². The minimum Gasteiger partial charge on any atom is -0.465 e. The number of nitrogens with one attached hydrogen (secondary N) is 1. The quantitative estimate of drug-likeness (QED) is 0.568. The lowest BCUT2D eigenvalue weighted by Crippen LogP contribution is -2.33. The Morgan fingerprint density at radius 2 is 1.83 bits per heavy atom. The minimum atomic E-state index is -1.44. The van der Waals surface area contributed by atoms with Gasteiger partial charge in [-0.15, -0.1) is 0 Å². The van der Waals surface area contributed by atoms with Crippen molar-refractivity contribution in [1.82, 2.24) is 5.32 Å². The second kappa shape index (κ2) is 6.17. The Balaban J connectivity index is 0.000000211. The Morgan fingerprint density at radius 1 is 1.33 bits per heavy atom. The van der Waals surface area contributed by atoms with Gasteiger partial charge in [-0.25, -0.2) is 14.9 Å². The summed E-state index contributed by atoms with van der Waals surface area (Å²) in [7, 11) is 0. The Kier molecular flexibility index (Phi) is 5.37. The van der Waals surface area contributed by atoms with Gasteiger partial charge in [0.2, 0.25) is 0 Å². The number of amides is 3. The van der Waals surface area contributed by atoms with Gasteiger partial charge in [0.1, 0.15) is 0 Å². The highest BCUT2D eigenvalue weighted by Crippen LogP contribution is 1.91. The average Bonchev–Trinajstić information content (AvgIpc) is 2.36. The third-order valence-electron chi connectivity index (χ3n) is 0.656. The zero-order chi connectivity index (χ0) is 9.40. The van der Waals surface area contributed by atoms with Crippen molar-refractivity contribution in [3.8, 4) is 0 Å². The van der Waals surface area contributed by atoms with Crippen LogP contribution >= 0.6 is 11.3 Å². The number of urea groups is 1. The lowest BCUT2D eigenvalue weighted by atomic mass is 10.7. The van der Waals surface area contributed by atoms with E-state index in [0.29, 0.717) is 0 Å². The number of nitrogens with two attached hydrogens (primary N) is 1. The number of rotatable bonds is 0. The molecule has 12 heavy (non-hydrogen) atoms. The fourth-order valence-electron chi connectivity index (χ4n) is 0.332. The van der Waals surface area contributed by atoms with Crippen LogP contribution in [0.15, 0.2) is 22.9 Å². The number of primary amides is 1. The molecule has 0 atom stereocenters. The van der Waals surface area contributed by atoms with Crippen molar-refractivity contribution in [3.63, 3.8) is 0 Å². The first-order valence-electron chi connectivity index (χ1n) is 2.89. The molecule has 0 saturated heterocycles. The standard InChI is InChI=1S/C4H4S.C2H4N2O3/c1-2-4-5-3-1;3-1(5)4-2(6)7/h1-4H;(H,6,7)(H3,3,4,5). The third-order valence-corrected chi connectivity index (χ3v) is 1.28. The van der Waals surface area contributed by atoms with Crippen LogP contribution in [0.1, 0.15) is 0 Å². The molecule has 0 radical (unpaired) electrons. The van der Waals surface area contributed by atoms with E-state index in [9.17, 15) is 9.59 Å². The van der Waals surface area contributed by atoms with E-state index in [0.717, 1.165) is 0 Å². The third kappa shape index (κ3) is 8.44. The number of hydrogen-bond acceptors (Lipinski definition) is 3. The molecule has 0 aromatic carbocycles. The molecule has 1 heterocycles. The zero-order valence-corrected chi connectivity index (χ0v) is 6.88. The Morgan fingerprint density at radius 3 is 1.92 bits per heavy atom. The smallest absolute Gasteiger partial charge is 0.412 e. The lowest BCUT2D eigenvalue weighted by Gasteiger charge is -1.86. The highest BCUT2D eigenvalue weighted by molar-refractivity contribution is 7.07. The average molecular weight is 188 g/mol. The van der Waals surface area contributed by atoms with Gasteiger partial charge in [0.05, 0.1) is 0 Å². The molecule has 0 aliphatic heterocycles. The van der Waals surface area contributed by atoms with Gasteiger partial charge in [-0.3, -0.25) is 0 Å². The number of hydrogen-bond donors (Lipinski definition) is 3. The monoisotopic (exact) mass is 188 g/mol. The summed E-state index contributed by atoms with van der Waals surface area (Å²) < 4.78 is 0. The maximum atomic E-state index is 9.54. The summed E-state index contributed by atoms with van der Waals surface area (Å²) in [5.41, 5.74) is 4.36. The van der Waals surface area contributed by atoms with Crippen molar-refractivity contribution in [2.75, 3.05) is 0 Å². The Hall–Kier alpha value is -1.56. The molecule has 1 aromatic rings. The van der Waals surface area contributed by atoms with Gasteiger partial charge in [0.15, 0.2) is 0 Å². The number of imide groups is 1. The molecule has 0 unspecified atom stereocenters. The van der Waals surface area contributed by atoms with Crippen LogP contribution in [-0.2, 0) is 0 Å². The first-order valence-corrected chi connectivity index (χ1v) is 3.83. The molecular weight excluding hydrogens is 180 g/mol. The molecule has 0 aliphatic carbocycles. The molecule has 0 spiro atoms. The van der Waals surface area contributed by atoms with Crippen LogP contribution in [0.3, 0.4) is 0 Å². The number of carbonyl (C=O) groups excluding carboxylic acids is 1. The minimum absolute atomic E-state index is 1.06. The van der Waals surface area contributed by atoms with Crippen molar-refractivity contribution in [2.45, 2.75) is 0 Å². The molecule has 66 valence electrons. The summed E-state index contributed by atoms with van der Waals surface area (Å²) in [5, 5.41) is 13.1. The highest BCUT2D eigenvalue weighted by Gasteiger charge is 1.94. The van der Waals surface area contributed by atoms with E-state index in [4.69, 9.17) is 5.11 Å². The van der Waals surface area contributed by atoms with Crippen LogP contribution in [0, 0.1) is 0 Å². The maximum Gasteiger partial charge on any atom is 0.412 e. The number of carboxylic acid groups (broad SMARTS) is 1. The predicted molar refractivity (Wildman–Crippen MR) is 45.1 cm³/mol. The van der Waals surface area contributed by atoms with Gasteiger partial charge in [-0.2, -0.15) is 11.3 Å². The number of carbonyl (C=O) groups is 2. The van der Waals surface area contributed by atoms with Crippen LogP contribution in [0.5, 0.6) is 0 Å². The second-order valence-electron chi connectivity index (χ2n) is 1.59. The normalized spacial score (nSPS) is 7.67. The lowest BCUT2D eigenvalue weighted by molar-refractivity contribution is 0.193. The second-order valence-corrected chi connectivity index (χ2v) is 2.40. The van der Waals surface area contributed by atoms with Crippen LogP contribution in [0.2, 0.25) is 0 Å². The van der Waals surface area contributed by atoms with Crippen LogP contribution in [0.25, 0.3) is 0 Å². The van der Waals surface area contributed by atoms with E-state index in [2.05, 4.69) is 5.73 Å². The Labute approximate surface area is 72.8 Å². The number of thiophene rings is 1. The van der Waals surface area contributed by atoms with E-state index < -0.39 is 12.1 Å². The first kappa shape index (κ1) is 10.4. The largest absolute Gasteiger partial charge is 0.465 e. The van der Waals surface area contributed by atoms with Gasteiger partial charge in [0.25, 0.3) is 0 Å². The fraction of sp³-hybridized carbons (Fsp3) is 0. The van der Waals surface area contributed by atoms with E-state index in [-0.39, 0.29) is 0 Å². The molecule has 4 N–H and O–H groups in total. The fourth-order valence-corrected chi connectivity index (χ4v) is 0.786. The molecule has 0 saturated carbocycles. The van der Waals surface area contributed by atoms with Gasteiger partial charge in [-0.1, -0.05) is 12.1 Å². The molecule has 5 nitrogen and oxygen atoms in total. The van der Waals surface area contributed by atoms with E-state index in [1.165, 1.54) is 5.32 Å². The van der Waals surface area contributed by atoms with Crippen molar-refractivity contribution in [2.24, 2.45) is 5.73 Å². The summed E-state index contributed by atoms with van der Waals surface area (Å²) in [6, 6.07) is 2.97. The van der Waals surface area contributed by atoms with E-state index in [1.54, 1.807) is 11.3 Å². The zero-order valence-electron chi connectivity index (χ0n) is 6.06. The van der Waals surface area contributed by atoms with E-state index in [1.807, 2.05) is 22.9 Å². The molecule has 0 bridgehead atoms. The van der Waals surface area contributed by atoms with Gasteiger partial charge < -0.3 is 10.8 Å². The van der Waals surface area contributed by atoms with Crippen molar-refractivity contribution < 1.29 is 14.7 Å². The molecule has 1 aromatic heterocycles. The topological polar surface area (TPSA) is 92.4 Å².